The lowest BCUT2D eigenvalue weighted by Crippen LogP contribution is -2.18. The third kappa shape index (κ3) is 3.54. The summed E-state index contributed by atoms with van der Waals surface area (Å²) in [6.45, 7) is 0. The number of hydrogen-bond acceptors (Lipinski definition) is 7. The number of benzene rings is 2. The summed E-state index contributed by atoms with van der Waals surface area (Å²) in [5.74, 6) is -0.785. The van der Waals surface area contributed by atoms with Crippen LogP contribution in [0.2, 0.25) is 0 Å². The van der Waals surface area contributed by atoms with Gasteiger partial charge in [0.15, 0.2) is 0 Å². The summed E-state index contributed by atoms with van der Waals surface area (Å²) in [6, 6.07) is 10.4. The van der Waals surface area contributed by atoms with Gasteiger partial charge in [-0.05, 0) is 6.07 Å². The molecular formula is C16H10N4O5S. The number of nitrogens with zero attached hydrogens (tertiary/aromatic N) is 3. The third-order valence-corrected chi connectivity index (χ3v) is 4.45. The van der Waals surface area contributed by atoms with Crippen LogP contribution in [0.3, 0.4) is 0 Å². The van der Waals surface area contributed by atoms with Gasteiger partial charge in [0.2, 0.25) is 0 Å². The second kappa shape index (κ2) is 7.07. The van der Waals surface area contributed by atoms with Crippen molar-refractivity contribution in [1.82, 2.24) is 5.43 Å². The Morgan fingerprint density at radius 1 is 1.08 bits per heavy atom. The van der Waals surface area contributed by atoms with E-state index in [1.165, 1.54) is 17.6 Å². The van der Waals surface area contributed by atoms with Crippen LogP contribution >= 0.6 is 11.3 Å². The highest BCUT2D eigenvalue weighted by atomic mass is 32.1. The number of carbonyl (C=O) groups is 1. The normalized spacial score (nSPS) is 10.9. The van der Waals surface area contributed by atoms with E-state index in [1.54, 1.807) is 0 Å². The molecule has 1 amide bonds. The van der Waals surface area contributed by atoms with Crippen LogP contribution in [0.1, 0.15) is 15.9 Å². The van der Waals surface area contributed by atoms with Crippen LogP contribution in [-0.2, 0) is 0 Å². The summed E-state index contributed by atoms with van der Waals surface area (Å²) in [4.78, 5) is 32.3. The molecule has 130 valence electrons. The molecule has 2 aromatic carbocycles. The van der Waals surface area contributed by atoms with E-state index in [1.807, 2.05) is 29.6 Å². The number of nitro benzene ring substituents is 2. The fourth-order valence-corrected chi connectivity index (χ4v) is 3.17. The Bertz CT molecular complexity index is 1030. The maximum atomic E-state index is 12.1. The average Bonchev–Trinajstić information content (AvgIpc) is 3.04. The van der Waals surface area contributed by atoms with Crippen molar-refractivity contribution < 1.29 is 14.6 Å². The predicted octanol–water partition coefficient (Wildman–Crippen LogP) is 3.48. The molecule has 0 spiro atoms. The second-order valence-electron chi connectivity index (χ2n) is 5.14. The standard InChI is InChI=1S/C16H10N4O5S/c21-16(10-5-12(19(22)23)7-13(6-10)20(24)25)18-17-8-11-9-26-15-4-2-1-3-14(11)15/h1-9H,(H,18,21)/b17-8+. The number of hydrazone groups is 1. The SMILES string of the molecule is O=C(N/N=C/c1csc2ccccc12)c1cc([N+](=O)[O-])cc([N+](=O)[O-])c1. The van der Waals surface area contributed by atoms with Crippen molar-refractivity contribution in [3.63, 3.8) is 0 Å². The van der Waals surface area contributed by atoms with Gasteiger partial charge in [-0.2, -0.15) is 5.10 Å². The molecule has 9 nitrogen and oxygen atoms in total. The van der Waals surface area contributed by atoms with Crippen molar-refractivity contribution in [3.05, 3.63) is 79.2 Å². The summed E-state index contributed by atoms with van der Waals surface area (Å²) in [5.41, 5.74) is 1.71. The van der Waals surface area contributed by atoms with Gasteiger partial charge >= 0.3 is 0 Å². The first-order valence-electron chi connectivity index (χ1n) is 7.19. The lowest BCUT2D eigenvalue weighted by atomic mass is 10.1. The lowest BCUT2D eigenvalue weighted by Gasteiger charge is -2.00. The van der Waals surface area contributed by atoms with Crippen molar-refractivity contribution in [2.24, 2.45) is 5.10 Å². The molecule has 0 saturated heterocycles. The Morgan fingerprint density at radius 3 is 2.38 bits per heavy atom. The number of fused-ring (bicyclic) bond motifs is 1. The van der Waals surface area contributed by atoms with Crippen molar-refractivity contribution in [2.75, 3.05) is 0 Å². The summed E-state index contributed by atoms with van der Waals surface area (Å²) in [7, 11) is 0. The number of amides is 1. The highest BCUT2D eigenvalue weighted by Crippen LogP contribution is 2.24. The van der Waals surface area contributed by atoms with Gasteiger partial charge in [0.05, 0.1) is 27.7 Å². The first-order chi connectivity index (χ1) is 12.5. The van der Waals surface area contributed by atoms with Gasteiger partial charge in [-0.3, -0.25) is 25.0 Å². The van der Waals surface area contributed by atoms with Gasteiger partial charge in [0, 0.05) is 33.2 Å². The number of rotatable bonds is 5. The molecule has 1 N–H and O–H groups in total. The zero-order valence-electron chi connectivity index (χ0n) is 13.0. The van der Waals surface area contributed by atoms with Crippen molar-refractivity contribution >= 4 is 44.9 Å². The monoisotopic (exact) mass is 370 g/mol. The fraction of sp³-hybridized carbons (Fsp3) is 0. The molecule has 26 heavy (non-hydrogen) atoms. The zero-order valence-corrected chi connectivity index (χ0v) is 13.8. The molecule has 0 fully saturated rings. The number of hydrogen-bond donors (Lipinski definition) is 1. The zero-order chi connectivity index (χ0) is 18.7. The van der Waals surface area contributed by atoms with Crippen LogP contribution in [0.15, 0.2) is 52.9 Å². The third-order valence-electron chi connectivity index (χ3n) is 3.47. The Hall–Kier alpha value is -3.66. The topological polar surface area (TPSA) is 128 Å². The molecule has 0 aliphatic carbocycles. The summed E-state index contributed by atoms with van der Waals surface area (Å²) < 4.78 is 1.06. The molecule has 0 bridgehead atoms. The summed E-state index contributed by atoms with van der Waals surface area (Å²) >= 11 is 1.53. The quantitative estimate of drug-likeness (QED) is 0.418. The lowest BCUT2D eigenvalue weighted by molar-refractivity contribution is -0.394. The van der Waals surface area contributed by atoms with Gasteiger partial charge in [-0.25, -0.2) is 5.43 Å². The fourth-order valence-electron chi connectivity index (χ4n) is 2.26. The minimum atomic E-state index is -0.801. The van der Waals surface area contributed by atoms with Crippen LogP contribution < -0.4 is 5.43 Å². The van der Waals surface area contributed by atoms with E-state index < -0.39 is 27.1 Å². The number of nitrogens with one attached hydrogen (secondary N) is 1. The molecule has 3 rings (SSSR count). The van der Waals surface area contributed by atoms with Gasteiger partial charge < -0.3 is 0 Å². The Kier molecular flexibility index (Phi) is 4.67. The molecule has 0 aliphatic rings. The van der Waals surface area contributed by atoms with E-state index in [4.69, 9.17) is 0 Å². The van der Waals surface area contributed by atoms with Crippen molar-refractivity contribution in [1.29, 1.82) is 0 Å². The minimum absolute atomic E-state index is 0.224. The summed E-state index contributed by atoms with van der Waals surface area (Å²) in [5, 5.41) is 28.4. The molecule has 0 atom stereocenters. The Morgan fingerprint density at radius 2 is 1.73 bits per heavy atom. The number of non-ortho nitro benzene ring substituents is 2. The molecule has 0 radical (unpaired) electrons. The van der Waals surface area contributed by atoms with E-state index in [0.29, 0.717) is 0 Å². The maximum Gasteiger partial charge on any atom is 0.277 e. The molecule has 3 aromatic rings. The van der Waals surface area contributed by atoms with Crippen LogP contribution in [-0.4, -0.2) is 22.0 Å². The van der Waals surface area contributed by atoms with Gasteiger partial charge in [0.1, 0.15) is 0 Å². The van der Waals surface area contributed by atoms with Crippen LogP contribution in [0.5, 0.6) is 0 Å². The molecule has 0 saturated carbocycles. The highest BCUT2D eigenvalue weighted by Gasteiger charge is 2.19. The van der Waals surface area contributed by atoms with Crippen molar-refractivity contribution in [2.45, 2.75) is 0 Å². The Balaban J connectivity index is 1.81. The van der Waals surface area contributed by atoms with Gasteiger partial charge in [0.25, 0.3) is 17.3 Å². The first kappa shape index (κ1) is 17.2. The smallest absolute Gasteiger partial charge is 0.267 e. The number of nitro groups is 2. The molecule has 1 aromatic heterocycles. The molecular weight excluding hydrogens is 360 g/mol. The van der Waals surface area contributed by atoms with Crippen LogP contribution in [0.4, 0.5) is 11.4 Å². The predicted molar refractivity (Wildman–Crippen MR) is 96.6 cm³/mol. The van der Waals surface area contributed by atoms with E-state index in [-0.39, 0.29) is 5.56 Å². The van der Waals surface area contributed by atoms with E-state index in [0.717, 1.165) is 33.8 Å². The van der Waals surface area contributed by atoms with E-state index >= 15 is 0 Å². The second-order valence-corrected chi connectivity index (χ2v) is 6.05. The number of carbonyl (C=O) groups excluding carboxylic acids is 1. The van der Waals surface area contributed by atoms with Crippen molar-refractivity contribution in [3.8, 4) is 0 Å². The molecule has 0 unspecified atom stereocenters. The number of thiophene rings is 1. The van der Waals surface area contributed by atoms with E-state index in [2.05, 4.69) is 10.5 Å². The Labute approximate surface area is 149 Å². The van der Waals surface area contributed by atoms with Crippen LogP contribution in [0.25, 0.3) is 10.1 Å². The van der Waals surface area contributed by atoms with Crippen LogP contribution in [0, 0.1) is 20.2 Å². The molecule has 10 heteroatoms. The maximum absolute atomic E-state index is 12.1. The minimum Gasteiger partial charge on any atom is -0.267 e. The molecule has 0 aliphatic heterocycles. The highest BCUT2D eigenvalue weighted by molar-refractivity contribution is 7.17. The largest absolute Gasteiger partial charge is 0.277 e. The first-order valence-corrected chi connectivity index (χ1v) is 8.07. The average molecular weight is 370 g/mol. The summed E-state index contributed by atoms with van der Waals surface area (Å²) in [6.07, 6.45) is 1.45. The van der Waals surface area contributed by atoms with Gasteiger partial charge in [-0.15, -0.1) is 11.3 Å². The van der Waals surface area contributed by atoms with Gasteiger partial charge in [-0.1, -0.05) is 18.2 Å². The molecule has 1 heterocycles. The van der Waals surface area contributed by atoms with E-state index in [9.17, 15) is 25.0 Å².